The molecule has 0 unspecified atom stereocenters. The predicted octanol–water partition coefficient (Wildman–Crippen LogP) is 6.07. The molecule has 0 fully saturated rings. The van der Waals surface area contributed by atoms with E-state index >= 15 is 0 Å². The summed E-state index contributed by atoms with van der Waals surface area (Å²) in [4.78, 5) is 13.0. The second kappa shape index (κ2) is 6.20. The molecule has 1 heterocycles. The molecule has 0 spiro atoms. The number of Topliss-reactive ketones (excluding diaryl/α,β-unsaturated/α-hetero) is 1. The van der Waals surface area contributed by atoms with Crippen LogP contribution in [0.25, 0.3) is 10.4 Å². The van der Waals surface area contributed by atoms with Gasteiger partial charge in [-0.15, -0.1) is 11.3 Å². The van der Waals surface area contributed by atoms with Crippen molar-refractivity contribution in [2.45, 2.75) is 25.9 Å². The third-order valence-corrected chi connectivity index (χ3v) is 4.42. The average molecular weight is 333 g/mol. The van der Waals surface area contributed by atoms with Crippen molar-refractivity contribution in [3.63, 3.8) is 0 Å². The van der Waals surface area contributed by atoms with Crippen LogP contribution >= 0.6 is 22.9 Å². The molecule has 0 bridgehead atoms. The summed E-state index contributed by atoms with van der Waals surface area (Å²) in [6.45, 7) is 1.90. The van der Waals surface area contributed by atoms with Crippen molar-refractivity contribution in [2.24, 2.45) is 0 Å². The zero-order valence-electron chi connectivity index (χ0n) is 11.1. The number of carbonyl (C=O) groups is 1. The van der Waals surface area contributed by atoms with Crippen molar-refractivity contribution in [1.29, 1.82) is 0 Å². The van der Waals surface area contributed by atoms with Gasteiger partial charge in [-0.1, -0.05) is 24.6 Å². The van der Waals surface area contributed by atoms with Crippen LogP contribution < -0.4 is 0 Å². The van der Waals surface area contributed by atoms with Gasteiger partial charge in [-0.2, -0.15) is 13.2 Å². The number of thiophene rings is 1. The highest BCUT2D eigenvalue weighted by Gasteiger charge is 2.33. The van der Waals surface area contributed by atoms with Crippen LogP contribution in [0.1, 0.15) is 35.0 Å². The summed E-state index contributed by atoms with van der Waals surface area (Å²) in [7, 11) is 0. The van der Waals surface area contributed by atoms with E-state index in [2.05, 4.69) is 0 Å². The van der Waals surface area contributed by atoms with Crippen LogP contribution in [0.4, 0.5) is 13.2 Å². The first kappa shape index (κ1) is 16.0. The monoisotopic (exact) mass is 332 g/mol. The molecule has 0 aliphatic heterocycles. The Bertz CT molecular complexity index is 661. The van der Waals surface area contributed by atoms with Crippen LogP contribution in [0.5, 0.6) is 0 Å². The van der Waals surface area contributed by atoms with E-state index in [4.69, 9.17) is 11.6 Å². The average Bonchev–Trinajstić information content (AvgIpc) is 2.88. The fourth-order valence-corrected chi connectivity index (χ4v) is 3.08. The van der Waals surface area contributed by atoms with Gasteiger partial charge in [0.05, 0.1) is 15.5 Å². The van der Waals surface area contributed by atoms with Crippen LogP contribution in [-0.4, -0.2) is 5.78 Å². The van der Waals surface area contributed by atoms with E-state index in [0.29, 0.717) is 21.7 Å². The maximum absolute atomic E-state index is 12.8. The molecule has 1 nitrogen and oxygen atoms in total. The van der Waals surface area contributed by atoms with Crippen LogP contribution in [0.3, 0.4) is 0 Å². The fraction of sp³-hybridized carbons (Fsp3) is 0.267. The second-order valence-corrected chi connectivity index (χ2v) is 6.02. The standard InChI is InChI=1S/C15H12ClF3OS/c1-2-3-12(20)14-7-6-13(21-14)9-4-5-11(16)10(8-9)15(17,18)19/h4-8H,2-3H2,1H3. The first-order valence-electron chi connectivity index (χ1n) is 6.33. The molecule has 0 atom stereocenters. The molecular formula is C15H12ClF3OS. The molecule has 21 heavy (non-hydrogen) atoms. The van der Waals surface area contributed by atoms with Crippen LogP contribution in [0.2, 0.25) is 5.02 Å². The van der Waals surface area contributed by atoms with E-state index in [0.717, 1.165) is 12.5 Å². The zero-order valence-corrected chi connectivity index (χ0v) is 12.7. The molecule has 0 radical (unpaired) electrons. The normalized spacial score (nSPS) is 11.7. The molecule has 0 aliphatic carbocycles. The Hall–Kier alpha value is -1.33. The molecule has 0 aliphatic rings. The Labute approximate surface area is 129 Å². The molecule has 1 aromatic carbocycles. The van der Waals surface area contributed by atoms with Gasteiger partial charge in [-0.05, 0) is 36.2 Å². The molecule has 0 saturated heterocycles. The Kier molecular flexibility index (Phi) is 4.74. The van der Waals surface area contributed by atoms with E-state index in [1.54, 1.807) is 12.1 Å². The zero-order chi connectivity index (χ0) is 15.6. The van der Waals surface area contributed by atoms with Gasteiger partial charge in [0.15, 0.2) is 5.78 Å². The molecular weight excluding hydrogens is 321 g/mol. The van der Waals surface area contributed by atoms with E-state index in [1.165, 1.54) is 23.5 Å². The quantitative estimate of drug-likeness (QED) is 0.621. The Morgan fingerprint density at radius 2 is 1.95 bits per heavy atom. The number of alkyl halides is 3. The molecule has 0 saturated carbocycles. The Balaban J connectivity index is 2.37. The lowest BCUT2D eigenvalue weighted by Crippen LogP contribution is -2.05. The van der Waals surface area contributed by atoms with Gasteiger partial charge >= 0.3 is 6.18 Å². The number of halogens is 4. The number of benzene rings is 1. The largest absolute Gasteiger partial charge is 0.417 e. The number of carbonyl (C=O) groups excluding carboxylic acids is 1. The van der Waals surface area contributed by atoms with Crippen molar-refractivity contribution < 1.29 is 18.0 Å². The first-order chi connectivity index (χ1) is 9.82. The molecule has 1 aromatic heterocycles. The summed E-state index contributed by atoms with van der Waals surface area (Å²) in [6, 6.07) is 7.09. The van der Waals surface area contributed by atoms with Crippen molar-refractivity contribution >= 4 is 28.7 Å². The highest BCUT2D eigenvalue weighted by atomic mass is 35.5. The maximum Gasteiger partial charge on any atom is 0.417 e. The maximum atomic E-state index is 12.8. The summed E-state index contributed by atoms with van der Waals surface area (Å²) < 4.78 is 38.5. The summed E-state index contributed by atoms with van der Waals surface area (Å²) in [5.41, 5.74) is -0.455. The van der Waals surface area contributed by atoms with Gasteiger partial charge < -0.3 is 0 Å². The lowest BCUT2D eigenvalue weighted by molar-refractivity contribution is -0.137. The van der Waals surface area contributed by atoms with Gasteiger partial charge in [0.2, 0.25) is 0 Å². The Morgan fingerprint density at radius 1 is 1.24 bits per heavy atom. The van der Waals surface area contributed by atoms with Gasteiger partial charge in [0.25, 0.3) is 0 Å². The van der Waals surface area contributed by atoms with Gasteiger partial charge in [-0.3, -0.25) is 4.79 Å². The molecule has 112 valence electrons. The summed E-state index contributed by atoms with van der Waals surface area (Å²) in [5.74, 6) is 0.0127. The van der Waals surface area contributed by atoms with Gasteiger partial charge in [0.1, 0.15) is 0 Å². The second-order valence-electron chi connectivity index (χ2n) is 4.53. The number of rotatable bonds is 4. The molecule has 2 aromatic rings. The molecule has 0 amide bonds. The number of hydrogen-bond acceptors (Lipinski definition) is 2. The molecule has 6 heteroatoms. The lowest BCUT2D eigenvalue weighted by atomic mass is 10.1. The van der Waals surface area contributed by atoms with Crippen LogP contribution in [-0.2, 0) is 6.18 Å². The van der Waals surface area contributed by atoms with Crippen molar-refractivity contribution in [2.75, 3.05) is 0 Å². The highest BCUT2D eigenvalue weighted by molar-refractivity contribution is 7.17. The van der Waals surface area contributed by atoms with E-state index in [1.807, 2.05) is 6.92 Å². The minimum absolute atomic E-state index is 0.0127. The lowest BCUT2D eigenvalue weighted by Gasteiger charge is -2.10. The number of ketones is 1. The first-order valence-corrected chi connectivity index (χ1v) is 7.52. The predicted molar refractivity (Wildman–Crippen MR) is 79.0 cm³/mol. The van der Waals surface area contributed by atoms with Crippen molar-refractivity contribution in [1.82, 2.24) is 0 Å². The molecule has 2 rings (SSSR count). The fourth-order valence-electron chi connectivity index (χ4n) is 1.89. The van der Waals surface area contributed by atoms with Gasteiger partial charge in [-0.25, -0.2) is 0 Å². The number of hydrogen-bond donors (Lipinski definition) is 0. The van der Waals surface area contributed by atoms with Crippen LogP contribution in [0.15, 0.2) is 30.3 Å². The van der Waals surface area contributed by atoms with Crippen LogP contribution in [0, 0.1) is 0 Å². The third-order valence-electron chi connectivity index (χ3n) is 2.91. The Morgan fingerprint density at radius 3 is 2.57 bits per heavy atom. The summed E-state index contributed by atoms with van der Waals surface area (Å²) in [5, 5.41) is -0.329. The smallest absolute Gasteiger partial charge is 0.293 e. The third kappa shape index (κ3) is 3.66. The van der Waals surface area contributed by atoms with Crippen molar-refractivity contribution in [3.05, 3.63) is 45.8 Å². The summed E-state index contributed by atoms with van der Waals surface area (Å²) >= 11 is 6.79. The summed E-state index contributed by atoms with van der Waals surface area (Å²) in [6.07, 6.45) is -3.31. The minimum Gasteiger partial charge on any atom is -0.293 e. The van der Waals surface area contributed by atoms with E-state index < -0.39 is 11.7 Å². The topological polar surface area (TPSA) is 17.1 Å². The van der Waals surface area contributed by atoms with Crippen molar-refractivity contribution in [3.8, 4) is 10.4 Å². The highest BCUT2D eigenvalue weighted by Crippen LogP contribution is 2.38. The van der Waals surface area contributed by atoms with E-state index in [9.17, 15) is 18.0 Å². The molecule has 0 N–H and O–H groups in total. The van der Waals surface area contributed by atoms with Gasteiger partial charge in [0, 0.05) is 11.3 Å². The van der Waals surface area contributed by atoms with E-state index in [-0.39, 0.29) is 10.8 Å². The minimum atomic E-state index is -4.49. The SMILES string of the molecule is CCCC(=O)c1ccc(-c2ccc(Cl)c(C(F)(F)F)c2)s1.